The SMILES string of the molecule is FC(F)(F)c1ccc(NCC2CCNC2)nn1. The third-order valence-electron chi connectivity index (χ3n) is 2.69. The molecular formula is C10H13F3N4. The summed E-state index contributed by atoms with van der Waals surface area (Å²) in [5.74, 6) is 0.879. The van der Waals surface area contributed by atoms with Gasteiger partial charge in [0.1, 0.15) is 5.82 Å². The zero-order chi connectivity index (χ0) is 12.3. The van der Waals surface area contributed by atoms with Gasteiger partial charge >= 0.3 is 6.18 Å². The molecule has 2 N–H and O–H groups in total. The average Bonchev–Trinajstić information content (AvgIpc) is 2.78. The Kier molecular flexibility index (Phi) is 3.46. The summed E-state index contributed by atoms with van der Waals surface area (Å²) in [6, 6.07) is 2.24. The molecule has 2 rings (SSSR count). The lowest BCUT2D eigenvalue weighted by Gasteiger charge is -2.10. The normalized spacial score (nSPS) is 20.5. The first-order valence-corrected chi connectivity index (χ1v) is 5.41. The van der Waals surface area contributed by atoms with Gasteiger partial charge in [0.05, 0.1) is 0 Å². The van der Waals surface area contributed by atoms with Crippen LogP contribution in [0, 0.1) is 5.92 Å². The second-order valence-corrected chi connectivity index (χ2v) is 4.04. The lowest BCUT2D eigenvalue weighted by Crippen LogP contribution is -2.18. The van der Waals surface area contributed by atoms with Crippen LogP contribution in [-0.2, 0) is 6.18 Å². The van der Waals surface area contributed by atoms with Crippen molar-refractivity contribution in [2.24, 2.45) is 5.92 Å². The van der Waals surface area contributed by atoms with Crippen LogP contribution in [0.1, 0.15) is 12.1 Å². The second-order valence-electron chi connectivity index (χ2n) is 4.04. The summed E-state index contributed by atoms with van der Waals surface area (Å²) in [6.45, 7) is 2.62. The molecule has 0 saturated carbocycles. The monoisotopic (exact) mass is 246 g/mol. The minimum atomic E-state index is -4.43. The Balaban J connectivity index is 1.89. The molecule has 1 saturated heterocycles. The van der Waals surface area contributed by atoms with Crippen molar-refractivity contribution in [3.05, 3.63) is 17.8 Å². The summed E-state index contributed by atoms with van der Waals surface area (Å²) < 4.78 is 36.7. The number of nitrogens with one attached hydrogen (secondary N) is 2. The van der Waals surface area contributed by atoms with Gasteiger partial charge in [0, 0.05) is 6.54 Å². The predicted molar refractivity (Wildman–Crippen MR) is 56.5 cm³/mol. The maximum Gasteiger partial charge on any atom is 0.435 e. The van der Waals surface area contributed by atoms with Crippen LogP contribution in [0.3, 0.4) is 0 Å². The zero-order valence-corrected chi connectivity index (χ0v) is 9.09. The Hall–Kier alpha value is -1.37. The Bertz CT molecular complexity index is 357. The van der Waals surface area contributed by atoms with E-state index in [1.54, 1.807) is 0 Å². The highest BCUT2D eigenvalue weighted by atomic mass is 19.4. The number of hydrogen-bond acceptors (Lipinski definition) is 4. The molecule has 0 spiro atoms. The van der Waals surface area contributed by atoms with Crippen LogP contribution in [0.2, 0.25) is 0 Å². The summed E-state index contributed by atoms with van der Waals surface area (Å²) in [5.41, 5.74) is -0.967. The van der Waals surface area contributed by atoms with Crippen molar-refractivity contribution >= 4 is 5.82 Å². The molecular weight excluding hydrogens is 233 g/mol. The van der Waals surface area contributed by atoms with Crippen LogP contribution in [0.4, 0.5) is 19.0 Å². The van der Waals surface area contributed by atoms with Gasteiger partial charge in [-0.1, -0.05) is 0 Å². The molecule has 0 aliphatic carbocycles. The van der Waals surface area contributed by atoms with Gasteiger partial charge in [-0.3, -0.25) is 0 Å². The average molecular weight is 246 g/mol. The molecule has 2 heterocycles. The van der Waals surface area contributed by atoms with E-state index in [0.717, 1.165) is 25.6 Å². The van der Waals surface area contributed by atoms with Gasteiger partial charge in [-0.2, -0.15) is 13.2 Å². The molecule has 1 aromatic rings. The smallest absolute Gasteiger partial charge is 0.368 e. The highest BCUT2D eigenvalue weighted by molar-refractivity contribution is 5.33. The lowest BCUT2D eigenvalue weighted by molar-refractivity contribution is -0.141. The van der Waals surface area contributed by atoms with Crippen LogP contribution < -0.4 is 10.6 Å². The largest absolute Gasteiger partial charge is 0.435 e. The van der Waals surface area contributed by atoms with Gasteiger partial charge in [0.15, 0.2) is 5.69 Å². The second kappa shape index (κ2) is 4.87. The van der Waals surface area contributed by atoms with E-state index in [9.17, 15) is 13.2 Å². The van der Waals surface area contributed by atoms with Crippen molar-refractivity contribution in [2.75, 3.05) is 25.0 Å². The maximum atomic E-state index is 12.2. The Morgan fingerprint density at radius 3 is 2.71 bits per heavy atom. The number of hydrogen-bond donors (Lipinski definition) is 2. The van der Waals surface area contributed by atoms with Gasteiger partial charge in [0.25, 0.3) is 0 Å². The molecule has 1 atom stereocenters. The van der Waals surface area contributed by atoms with Gasteiger partial charge in [0.2, 0.25) is 0 Å². The van der Waals surface area contributed by atoms with Crippen molar-refractivity contribution in [1.82, 2.24) is 15.5 Å². The van der Waals surface area contributed by atoms with E-state index in [4.69, 9.17) is 0 Å². The summed E-state index contributed by atoms with van der Waals surface area (Å²) in [6.07, 6.45) is -3.36. The number of anilines is 1. The summed E-state index contributed by atoms with van der Waals surface area (Å²) in [5, 5.41) is 12.8. The first kappa shape index (κ1) is 12.1. The Labute approximate surface area is 96.6 Å². The van der Waals surface area contributed by atoms with Crippen LogP contribution in [-0.4, -0.2) is 29.8 Å². The quantitative estimate of drug-likeness (QED) is 0.849. The van der Waals surface area contributed by atoms with Crippen molar-refractivity contribution in [1.29, 1.82) is 0 Å². The van der Waals surface area contributed by atoms with Crippen molar-refractivity contribution < 1.29 is 13.2 Å². The van der Waals surface area contributed by atoms with E-state index in [0.29, 0.717) is 18.3 Å². The number of aromatic nitrogens is 2. The number of rotatable bonds is 3. The molecule has 0 radical (unpaired) electrons. The lowest BCUT2D eigenvalue weighted by atomic mass is 10.1. The first-order valence-electron chi connectivity index (χ1n) is 5.41. The van der Waals surface area contributed by atoms with E-state index in [1.807, 2.05) is 0 Å². The molecule has 0 aromatic carbocycles. The fourth-order valence-corrected chi connectivity index (χ4v) is 1.72. The highest BCUT2D eigenvalue weighted by Crippen LogP contribution is 2.27. The first-order chi connectivity index (χ1) is 8.05. The zero-order valence-electron chi connectivity index (χ0n) is 9.09. The number of halogens is 3. The van der Waals surface area contributed by atoms with Gasteiger partial charge in [-0.25, -0.2) is 0 Å². The predicted octanol–water partition coefficient (Wildman–Crippen LogP) is 1.52. The summed E-state index contributed by atoms with van der Waals surface area (Å²) in [7, 11) is 0. The Morgan fingerprint density at radius 1 is 1.35 bits per heavy atom. The van der Waals surface area contributed by atoms with Gasteiger partial charge in [-0.15, -0.1) is 10.2 Å². The molecule has 94 valence electrons. The maximum absolute atomic E-state index is 12.2. The summed E-state index contributed by atoms with van der Waals surface area (Å²) in [4.78, 5) is 0. The van der Waals surface area contributed by atoms with E-state index in [-0.39, 0.29) is 0 Å². The summed E-state index contributed by atoms with van der Waals surface area (Å²) >= 11 is 0. The van der Waals surface area contributed by atoms with Crippen molar-refractivity contribution in [3.8, 4) is 0 Å². The molecule has 1 unspecified atom stereocenters. The molecule has 0 amide bonds. The van der Waals surface area contributed by atoms with Gasteiger partial charge in [-0.05, 0) is 37.6 Å². The van der Waals surface area contributed by atoms with Crippen LogP contribution in [0.25, 0.3) is 0 Å². The van der Waals surface area contributed by atoms with Crippen LogP contribution in [0.5, 0.6) is 0 Å². The molecule has 1 aliphatic heterocycles. The minimum absolute atomic E-state index is 0.380. The highest BCUT2D eigenvalue weighted by Gasteiger charge is 2.32. The Morgan fingerprint density at radius 2 is 2.18 bits per heavy atom. The molecule has 17 heavy (non-hydrogen) atoms. The van der Waals surface area contributed by atoms with Crippen LogP contribution in [0.15, 0.2) is 12.1 Å². The molecule has 1 fully saturated rings. The molecule has 7 heteroatoms. The number of nitrogens with zero attached hydrogens (tertiary/aromatic N) is 2. The standard InChI is InChI=1S/C10H13F3N4/c11-10(12,13)8-1-2-9(17-16-8)15-6-7-3-4-14-5-7/h1-2,7,14H,3-6H2,(H,15,17). The van der Waals surface area contributed by atoms with E-state index in [1.165, 1.54) is 6.07 Å². The topological polar surface area (TPSA) is 49.8 Å². The van der Waals surface area contributed by atoms with Crippen molar-refractivity contribution in [2.45, 2.75) is 12.6 Å². The molecule has 0 bridgehead atoms. The molecule has 4 nitrogen and oxygen atoms in total. The third kappa shape index (κ3) is 3.29. The minimum Gasteiger partial charge on any atom is -0.368 e. The van der Waals surface area contributed by atoms with Crippen molar-refractivity contribution in [3.63, 3.8) is 0 Å². The van der Waals surface area contributed by atoms with E-state index >= 15 is 0 Å². The van der Waals surface area contributed by atoms with E-state index < -0.39 is 11.9 Å². The number of alkyl halides is 3. The fraction of sp³-hybridized carbons (Fsp3) is 0.600. The molecule has 1 aliphatic rings. The van der Waals surface area contributed by atoms with Crippen LogP contribution >= 0.6 is 0 Å². The third-order valence-corrected chi connectivity index (χ3v) is 2.69. The fourth-order valence-electron chi connectivity index (χ4n) is 1.72. The molecule has 1 aromatic heterocycles. The van der Waals surface area contributed by atoms with E-state index in [2.05, 4.69) is 20.8 Å². The van der Waals surface area contributed by atoms with Gasteiger partial charge < -0.3 is 10.6 Å².